The van der Waals surface area contributed by atoms with Gasteiger partial charge in [-0.2, -0.15) is 0 Å². The van der Waals surface area contributed by atoms with Gasteiger partial charge in [-0.25, -0.2) is 4.98 Å². The third-order valence-electron chi connectivity index (χ3n) is 3.20. The minimum Gasteiger partial charge on any atom is -0.268 e. The topological polar surface area (TPSA) is 47.8 Å². The van der Waals surface area contributed by atoms with Crippen molar-refractivity contribution in [3.05, 3.63) is 64.5 Å². The van der Waals surface area contributed by atoms with Gasteiger partial charge in [0.1, 0.15) is 5.82 Å². The maximum absolute atomic E-state index is 12.6. The zero-order chi connectivity index (χ0) is 13.4. The molecule has 0 atom stereocenters. The van der Waals surface area contributed by atoms with Crippen LogP contribution >= 0.6 is 0 Å². The maximum atomic E-state index is 12.6. The van der Waals surface area contributed by atoms with E-state index in [1.54, 1.807) is 23.0 Å². The van der Waals surface area contributed by atoms with Gasteiger partial charge in [0.15, 0.2) is 0 Å². The highest BCUT2D eigenvalue weighted by atomic mass is 16.1. The van der Waals surface area contributed by atoms with Crippen molar-refractivity contribution < 1.29 is 0 Å². The molecule has 0 aliphatic carbocycles. The number of pyridine rings is 1. The summed E-state index contributed by atoms with van der Waals surface area (Å²) in [5, 5.41) is 0.587. The molecule has 0 bridgehead atoms. The lowest BCUT2D eigenvalue weighted by Gasteiger charge is -2.12. The van der Waals surface area contributed by atoms with Crippen LogP contribution in [-0.2, 0) is 0 Å². The molecule has 0 N–H and O–H groups in total. The van der Waals surface area contributed by atoms with Crippen LogP contribution in [0.15, 0.2) is 47.5 Å². The van der Waals surface area contributed by atoms with Gasteiger partial charge in [0.05, 0.1) is 22.8 Å². The van der Waals surface area contributed by atoms with Crippen LogP contribution < -0.4 is 5.56 Å². The largest absolute Gasteiger partial charge is 0.268 e. The average molecular weight is 251 g/mol. The standard InChI is InChI=1S/C15H13N3O/c1-10-5-3-4-6-14(10)18-11(2)17-13-9-16-8-7-12(13)15(18)19/h3-9H,1-2H3. The Labute approximate surface area is 110 Å². The monoisotopic (exact) mass is 251 g/mol. The van der Waals surface area contributed by atoms with Gasteiger partial charge in [0.2, 0.25) is 0 Å². The lowest BCUT2D eigenvalue weighted by Crippen LogP contribution is -2.23. The van der Waals surface area contributed by atoms with Gasteiger partial charge in [-0.15, -0.1) is 0 Å². The highest BCUT2D eigenvalue weighted by Crippen LogP contribution is 2.14. The number of hydrogen-bond acceptors (Lipinski definition) is 3. The van der Waals surface area contributed by atoms with Crippen LogP contribution in [0.2, 0.25) is 0 Å². The molecule has 0 aliphatic rings. The number of fused-ring (bicyclic) bond motifs is 1. The van der Waals surface area contributed by atoms with Crippen molar-refractivity contribution in [2.45, 2.75) is 13.8 Å². The third-order valence-corrected chi connectivity index (χ3v) is 3.20. The minimum atomic E-state index is -0.0563. The highest BCUT2D eigenvalue weighted by molar-refractivity contribution is 5.76. The average Bonchev–Trinajstić information content (AvgIpc) is 2.41. The molecule has 0 fully saturated rings. The molecule has 0 saturated carbocycles. The van der Waals surface area contributed by atoms with E-state index < -0.39 is 0 Å². The van der Waals surface area contributed by atoms with Crippen molar-refractivity contribution in [3.63, 3.8) is 0 Å². The van der Waals surface area contributed by atoms with E-state index in [1.807, 2.05) is 38.1 Å². The molecule has 4 heteroatoms. The van der Waals surface area contributed by atoms with Crippen molar-refractivity contribution in [1.82, 2.24) is 14.5 Å². The van der Waals surface area contributed by atoms with Crippen molar-refractivity contribution >= 4 is 10.9 Å². The fraction of sp³-hybridized carbons (Fsp3) is 0.133. The zero-order valence-electron chi connectivity index (χ0n) is 10.8. The normalized spacial score (nSPS) is 10.8. The number of rotatable bonds is 1. The van der Waals surface area contributed by atoms with Gasteiger partial charge >= 0.3 is 0 Å². The summed E-state index contributed by atoms with van der Waals surface area (Å²) >= 11 is 0. The smallest absolute Gasteiger partial charge is 0.266 e. The van der Waals surface area contributed by atoms with Crippen molar-refractivity contribution in [1.29, 1.82) is 0 Å². The first kappa shape index (κ1) is 11.6. The molecule has 0 spiro atoms. The summed E-state index contributed by atoms with van der Waals surface area (Å²) < 4.78 is 1.65. The zero-order valence-corrected chi connectivity index (χ0v) is 10.8. The molecular formula is C15H13N3O. The number of aryl methyl sites for hydroxylation is 2. The van der Waals surface area contributed by atoms with E-state index >= 15 is 0 Å². The third kappa shape index (κ3) is 1.81. The van der Waals surface area contributed by atoms with Crippen LogP contribution in [0, 0.1) is 13.8 Å². The molecule has 2 heterocycles. The van der Waals surface area contributed by atoms with Crippen molar-refractivity contribution in [2.75, 3.05) is 0 Å². The van der Waals surface area contributed by atoms with Crippen LogP contribution in [0.4, 0.5) is 0 Å². The number of aromatic nitrogens is 3. The van der Waals surface area contributed by atoms with Crippen LogP contribution in [0.3, 0.4) is 0 Å². The van der Waals surface area contributed by atoms with Gasteiger partial charge in [-0.3, -0.25) is 14.3 Å². The Morgan fingerprint density at radius 3 is 2.68 bits per heavy atom. The lowest BCUT2D eigenvalue weighted by atomic mass is 10.2. The molecule has 0 saturated heterocycles. The second kappa shape index (κ2) is 4.31. The van der Waals surface area contributed by atoms with Gasteiger partial charge in [0, 0.05) is 6.20 Å². The number of benzene rings is 1. The van der Waals surface area contributed by atoms with Crippen LogP contribution in [0.1, 0.15) is 11.4 Å². The second-order valence-electron chi connectivity index (χ2n) is 4.48. The molecule has 3 aromatic rings. The molecule has 2 aromatic heterocycles. The summed E-state index contributed by atoms with van der Waals surface area (Å²) in [6, 6.07) is 9.50. The maximum Gasteiger partial charge on any atom is 0.266 e. The molecule has 0 unspecified atom stereocenters. The first-order chi connectivity index (χ1) is 9.18. The summed E-state index contributed by atoms with van der Waals surface area (Å²) in [6.45, 7) is 3.82. The number of nitrogens with zero attached hydrogens (tertiary/aromatic N) is 3. The van der Waals surface area contributed by atoms with E-state index in [9.17, 15) is 4.79 Å². The van der Waals surface area contributed by atoms with E-state index in [2.05, 4.69) is 9.97 Å². The number of hydrogen-bond donors (Lipinski definition) is 0. The highest BCUT2D eigenvalue weighted by Gasteiger charge is 2.10. The molecule has 0 aliphatic heterocycles. The molecule has 19 heavy (non-hydrogen) atoms. The minimum absolute atomic E-state index is 0.0563. The van der Waals surface area contributed by atoms with Crippen LogP contribution in [-0.4, -0.2) is 14.5 Å². The Balaban J connectivity index is 2.43. The van der Waals surface area contributed by atoms with E-state index in [1.165, 1.54) is 0 Å². The molecule has 0 radical (unpaired) electrons. The quantitative estimate of drug-likeness (QED) is 0.667. The predicted molar refractivity (Wildman–Crippen MR) is 74.6 cm³/mol. The summed E-state index contributed by atoms with van der Waals surface area (Å²) in [7, 11) is 0. The Morgan fingerprint density at radius 1 is 1.11 bits per heavy atom. The Morgan fingerprint density at radius 2 is 1.89 bits per heavy atom. The predicted octanol–water partition coefficient (Wildman–Crippen LogP) is 2.40. The Bertz CT molecular complexity index is 821. The molecule has 1 aromatic carbocycles. The van der Waals surface area contributed by atoms with Gasteiger partial charge in [-0.1, -0.05) is 18.2 Å². The van der Waals surface area contributed by atoms with Gasteiger partial charge < -0.3 is 0 Å². The van der Waals surface area contributed by atoms with Crippen LogP contribution in [0.5, 0.6) is 0 Å². The summed E-state index contributed by atoms with van der Waals surface area (Å²) in [5.41, 5.74) is 2.49. The van der Waals surface area contributed by atoms with Crippen molar-refractivity contribution in [2.24, 2.45) is 0 Å². The summed E-state index contributed by atoms with van der Waals surface area (Å²) in [6.07, 6.45) is 3.23. The molecule has 94 valence electrons. The van der Waals surface area contributed by atoms with Crippen molar-refractivity contribution in [3.8, 4) is 5.69 Å². The molecular weight excluding hydrogens is 238 g/mol. The second-order valence-corrected chi connectivity index (χ2v) is 4.48. The SMILES string of the molecule is Cc1ccccc1-n1c(C)nc2cnccc2c1=O. The molecule has 3 rings (SSSR count). The van der Waals surface area contributed by atoms with Gasteiger partial charge in [-0.05, 0) is 31.5 Å². The van der Waals surface area contributed by atoms with E-state index in [4.69, 9.17) is 0 Å². The first-order valence-corrected chi connectivity index (χ1v) is 6.08. The van der Waals surface area contributed by atoms with E-state index in [0.717, 1.165) is 11.3 Å². The van der Waals surface area contributed by atoms with Gasteiger partial charge in [0.25, 0.3) is 5.56 Å². The first-order valence-electron chi connectivity index (χ1n) is 6.08. The van der Waals surface area contributed by atoms with E-state index in [-0.39, 0.29) is 5.56 Å². The number of para-hydroxylation sites is 1. The summed E-state index contributed by atoms with van der Waals surface area (Å²) in [5.74, 6) is 0.666. The molecule has 4 nitrogen and oxygen atoms in total. The lowest BCUT2D eigenvalue weighted by molar-refractivity contribution is 0.886. The Hall–Kier alpha value is -2.49. The Kier molecular flexibility index (Phi) is 2.63. The molecule has 0 amide bonds. The summed E-state index contributed by atoms with van der Waals surface area (Å²) in [4.78, 5) is 21.1. The van der Waals surface area contributed by atoms with Crippen LogP contribution in [0.25, 0.3) is 16.6 Å². The fourth-order valence-electron chi connectivity index (χ4n) is 2.25. The fourth-order valence-corrected chi connectivity index (χ4v) is 2.25. The van der Waals surface area contributed by atoms with E-state index in [0.29, 0.717) is 16.7 Å².